The molecule has 0 aliphatic heterocycles. The van der Waals surface area contributed by atoms with Gasteiger partial charge in [0.1, 0.15) is 6.42 Å². The Morgan fingerprint density at radius 1 is 1.32 bits per heavy atom. The first-order valence-electron chi connectivity index (χ1n) is 7.06. The monoisotopic (exact) mass is 302 g/mol. The summed E-state index contributed by atoms with van der Waals surface area (Å²) in [6.45, 7) is 3.82. The number of rotatable bonds is 7. The van der Waals surface area contributed by atoms with Crippen LogP contribution in [0.2, 0.25) is 0 Å². The Balaban J connectivity index is 2.75. The zero-order valence-electron chi connectivity index (χ0n) is 13.0. The van der Waals surface area contributed by atoms with Crippen molar-refractivity contribution in [2.24, 2.45) is 0 Å². The highest BCUT2D eigenvalue weighted by molar-refractivity contribution is 5.97. The standard InChI is InChI=1S/C17H22N2O3/c1-4-10-18-15(20)11-16(21)19(13-17(2,3)22)12-14-8-6-5-7-9-14/h1,5-9,22H,10-13H2,2-3H3,(H,18,20). The largest absolute Gasteiger partial charge is 0.389 e. The van der Waals surface area contributed by atoms with E-state index in [1.54, 1.807) is 13.8 Å². The van der Waals surface area contributed by atoms with Crippen molar-refractivity contribution in [3.8, 4) is 12.3 Å². The van der Waals surface area contributed by atoms with E-state index in [1.807, 2.05) is 30.3 Å². The highest BCUT2D eigenvalue weighted by Crippen LogP contribution is 2.11. The molecule has 0 unspecified atom stereocenters. The second kappa shape index (κ2) is 8.20. The van der Waals surface area contributed by atoms with E-state index in [9.17, 15) is 14.7 Å². The van der Waals surface area contributed by atoms with E-state index in [-0.39, 0.29) is 25.4 Å². The summed E-state index contributed by atoms with van der Waals surface area (Å²) in [7, 11) is 0. The molecule has 0 radical (unpaired) electrons. The summed E-state index contributed by atoms with van der Waals surface area (Å²) in [4.78, 5) is 25.4. The topological polar surface area (TPSA) is 69.6 Å². The zero-order chi connectivity index (χ0) is 16.6. The van der Waals surface area contributed by atoms with Gasteiger partial charge in [0.15, 0.2) is 0 Å². The Morgan fingerprint density at radius 2 is 1.95 bits per heavy atom. The number of aliphatic hydroxyl groups is 1. The van der Waals surface area contributed by atoms with Gasteiger partial charge in [-0.15, -0.1) is 6.42 Å². The van der Waals surface area contributed by atoms with Crippen LogP contribution in [0.5, 0.6) is 0 Å². The van der Waals surface area contributed by atoms with E-state index in [2.05, 4.69) is 11.2 Å². The summed E-state index contributed by atoms with van der Waals surface area (Å²) in [6.07, 6.45) is 4.77. The van der Waals surface area contributed by atoms with Crippen molar-refractivity contribution >= 4 is 11.8 Å². The average molecular weight is 302 g/mol. The number of nitrogens with one attached hydrogen (secondary N) is 1. The van der Waals surface area contributed by atoms with Crippen LogP contribution in [-0.2, 0) is 16.1 Å². The fourth-order valence-electron chi connectivity index (χ4n) is 1.96. The molecule has 1 aromatic rings. The number of carbonyl (C=O) groups excluding carboxylic acids is 2. The van der Waals surface area contributed by atoms with E-state index in [4.69, 9.17) is 6.42 Å². The molecule has 0 aliphatic rings. The van der Waals surface area contributed by atoms with Crippen LogP contribution >= 0.6 is 0 Å². The van der Waals surface area contributed by atoms with E-state index < -0.39 is 11.5 Å². The van der Waals surface area contributed by atoms with Gasteiger partial charge in [0, 0.05) is 13.1 Å². The Labute approximate surface area is 131 Å². The van der Waals surface area contributed by atoms with E-state index in [1.165, 1.54) is 4.90 Å². The molecule has 2 amide bonds. The molecule has 2 N–H and O–H groups in total. The van der Waals surface area contributed by atoms with Crippen molar-refractivity contribution in [2.45, 2.75) is 32.4 Å². The van der Waals surface area contributed by atoms with Crippen LogP contribution in [0.3, 0.4) is 0 Å². The molecular weight excluding hydrogens is 280 g/mol. The summed E-state index contributed by atoms with van der Waals surface area (Å²) >= 11 is 0. The third kappa shape index (κ3) is 6.91. The lowest BCUT2D eigenvalue weighted by atomic mass is 10.1. The van der Waals surface area contributed by atoms with Crippen molar-refractivity contribution in [3.05, 3.63) is 35.9 Å². The number of hydrogen-bond donors (Lipinski definition) is 2. The van der Waals surface area contributed by atoms with E-state index >= 15 is 0 Å². The summed E-state index contributed by atoms with van der Waals surface area (Å²) in [6, 6.07) is 9.43. The lowest BCUT2D eigenvalue weighted by molar-refractivity contribution is -0.139. The first-order chi connectivity index (χ1) is 10.3. The average Bonchev–Trinajstić information content (AvgIpc) is 2.44. The van der Waals surface area contributed by atoms with E-state index in [0.717, 1.165) is 5.56 Å². The minimum atomic E-state index is -1.04. The van der Waals surface area contributed by atoms with Crippen molar-refractivity contribution < 1.29 is 14.7 Å². The van der Waals surface area contributed by atoms with Crippen molar-refractivity contribution in [3.63, 3.8) is 0 Å². The second-order valence-corrected chi connectivity index (χ2v) is 5.71. The lowest BCUT2D eigenvalue weighted by Gasteiger charge is -2.29. The van der Waals surface area contributed by atoms with Gasteiger partial charge in [-0.3, -0.25) is 9.59 Å². The number of amides is 2. The molecule has 5 nitrogen and oxygen atoms in total. The van der Waals surface area contributed by atoms with Gasteiger partial charge in [-0.2, -0.15) is 0 Å². The molecular formula is C17H22N2O3. The number of benzene rings is 1. The maximum absolute atomic E-state index is 12.3. The summed E-state index contributed by atoms with van der Waals surface area (Å²) in [5.74, 6) is 1.52. The van der Waals surface area contributed by atoms with Crippen LogP contribution in [0.25, 0.3) is 0 Å². The predicted molar refractivity (Wildman–Crippen MR) is 84.6 cm³/mol. The Bertz CT molecular complexity index is 541. The number of carbonyl (C=O) groups is 2. The molecule has 0 heterocycles. The third-order valence-corrected chi connectivity index (χ3v) is 2.85. The minimum absolute atomic E-state index is 0.0935. The van der Waals surface area contributed by atoms with Gasteiger partial charge in [0.05, 0.1) is 12.1 Å². The first kappa shape index (κ1) is 17.7. The fourth-order valence-corrected chi connectivity index (χ4v) is 1.96. The number of terminal acetylenes is 1. The molecule has 0 aliphatic carbocycles. The Kier molecular flexibility index (Phi) is 6.61. The SMILES string of the molecule is C#CCNC(=O)CC(=O)N(Cc1ccccc1)CC(C)(C)O. The fraction of sp³-hybridized carbons (Fsp3) is 0.412. The summed E-state index contributed by atoms with van der Waals surface area (Å²) in [5.41, 5.74) is -0.108. The van der Waals surface area contributed by atoms with Crippen LogP contribution in [0, 0.1) is 12.3 Å². The molecule has 0 bridgehead atoms. The van der Waals surface area contributed by atoms with Crippen molar-refractivity contribution in [1.82, 2.24) is 10.2 Å². The summed E-state index contributed by atoms with van der Waals surface area (Å²) < 4.78 is 0. The maximum Gasteiger partial charge on any atom is 0.232 e. The molecule has 0 saturated heterocycles. The van der Waals surface area contributed by atoms with Gasteiger partial charge in [-0.25, -0.2) is 0 Å². The molecule has 22 heavy (non-hydrogen) atoms. The molecule has 0 spiro atoms. The van der Waals surface area contributed by atoms with Gasteiger partial charge in [-0.1, -0.05) is 36.3 Å². The molecule has 0 atom stereocenters. The predicted octanol–water partition coefficient (Wildman–Crippen LogP) is 0.926. The number of nitrogens with zero attached hydrogens (tertiary/aromatic N) is 1. The molecule has 5 heteroatoms. The highest BCUT2D eigenvalue weighted by Gasteiger charge is 2.24. The summed E-state index contributed by atoms with van der Waals surface area (Å²) in [5, 5.41) is 12.4. The number of hydrogen-bond acceptors (Lipinski definition) is 3. The zero-order valence-corrected chi connectivity index (χ0v) is 13.0. The maximum atomic E-state index is 12.3. The smallest absolute Gasteiger partial charge is 0.232 e. The van der Waals surface area contributed by atoms with Crippen LogP contribution in [0.1, 0.15) is 25.8 Å². The van der Waals surface area contributed by atoms with Gasteiger partial charge < -0.3 is 15.3 Å². The molecule has 0 fully saturated rings. The normalized spacial score (nSPS) is 10.6. The quantitative estimate of drug-likeness (QED) is 0.581. The van der Waals surface area contributed by atoms with Crippen LogP contribution < -0.4 is 5.32 Å². The molecule has 1 rings (SSSR count). The van der Waals surface area contributed by atoms with Crippen molar-refractivity contribution in [2.75, 3.05) is 13.1 Å². The van der Waals surface area contributed by atoms with Crippen LogP contribution in [-0.4, -0.2) is 40.5 Å². The molecule has 118 valence electrons. The van der Waals surface area contributed by atoms with Crippen LogP contribution in [0.15, 0.2) is 30.3 Å². The van der Waals surface area contributed by atoms with Gasteiger partial charge in [-0.05, 0) is 19.4 Å². The lowest BCUT2D eigenvalue weighted by Crippen LogP contribution is -2.43. The molecule has 0 aromatic heterocycles. The first-order valence-corrected chi connectivity index (χ1v) is 7.06. The minimum Gasteiger partial charge on any atom is -0.389 e. The Morgan fingerprint density at radius 3 is 2.50 bits per heavy atom. The van der Waals surface area contributed by atoms with Crippen molar-refractivity contribution in [1.29, 1.82) is 0 Å². The third-order valence-electron chi connectivity index (χ3n) is 2.85. The van der Waals surface area contributed by atoms with Gasteiger partial charge in [0.2, 0.25) is 11.8 Å². The van der Waals surface area contributed by atoms with E-state index in [0.29, 0.717) is 6.54 Å². The molecule has 1 aromatic carbocycles. The van der Waals surface area contributed by atoms with Gasteiger partial charge in [0.25, 0.3) is 0 Å². The molecule has 0 saturated carbocycles. The second-order valence-electron chi connectivity index (χ2n) is 5.71. The highest BCUT2D eigenvalue weighted by atomic mass is 16.3. The van der Waals surface area contributed by atoms with Gasteiger partial charge >= 0.3 is 0 Å². The van der Waals surface area contributed by atoms with Crippen LogP contribution in [0.4, 0.5) is 0 Å². The Hall–Kier alpha value is -2.32.